The van der Waals surface area contributed by atoms with Crippen LogP contribution in [0.4, 0.5) is 0 Å². The minimum atomic E-state index is 0.0760. The highest BCUT2D eigenvalue weighted by molar-refractivity contribution is 6.30. The maximum Gasteiger partial charge on any atom is 0.257 e. The monoisotopic (exact) mass is 416 g/mol. The van der Waals surface area contributed by atoms with Crippen molar-refractivity contribution in [2.24, 2.45) is 0 Å². The Labute approximate surface area is 177 Å². The molecule has 0 saturated carbocycles. The zero-order valence-corrected chi connectivity index (χ0v) is 18.2. The van der Waals surface area contributed by atoms with E-state index >= 15 is 0 Å². The smallest absolute Gasteiger partial charge is 0.257 e. The number of likely N-dealkylation sites (tertiary alicyclic amines) is 2. The molecule has 6 nitrogen and oxygen atoms in total. The van der Waals surface area contributed by atoms with E-state index in [2.05, 4.69) is 10.00 Å². The average Bonchev–Trinajstić information content (AvgIpc) is 3.36. The Morgan fingerprint density at radius 3 is 2.48 bits per heavy atom. The second kappa shape index (κ2) is 8.36. The Morgan fingerprint density at radius 2 is 1.83 bits per heavy atom. The summed E-state index contributed by atoms with van der Waals surface area (Å²) in [4.78, 5) is 17.9. The molecule has 0 spiro atoms. The van der Waals surface area contributed by atoms with E-state index in [1.54, 1.807) is 17.9 Å². The van der Waals surface area contributed by atoms with Gasteiger partial charge in [-0.25, -0.2) is 4.68 Å². The summed E-state index contributed by atoms with van der Waals surface area (Å²) in [5, 5.41) is 5.25. The van der Waals surface area contributed by atoms with Gasteiger partial charge in [0.1, 0.15) is 11.4 Å². The molecule has 2 aromatic rings. The maximum atomic E-state index is 13.3. The van der Waals surface area contributed by atoms with Crippen LogP contribution in [0.15, 0.2) is 18.2 Å². The number of hydrogen-bond acceptors (Lipinski definition) is 4. The molecule has 0 aliphatic carbocycles. The van der Waals surface area contributed by atoms with Crippen molar-refractivity contribution in [3.05, 3.63) is 40.2 Å². The first-order valence-electron chi connectivity index (χ1n) is 10.4. The molecule has 2 aliphatic heterocycles. The summed E-state index contributed by atoms with van der Waals surface area (Å²) < 4.78 is 7.24. The van der Waals surface area contributed by atoms with Crippen LogP contribution in [0.3, 0.4) is 0 Å². The van der Waals surface area contributed by atoms with Gasteiger partial charge in [0.25, 0.3) is 5.91 Å². The van der Waals surface area contributed by atoms with Gasteiger partial charge in [-0.15, -0.1) is 0 Å². The van der Waals surface area contributed by atoms with E-state index in [4.69, 9.17) is 16.3 Å². The predicted molar refractivity (Wildman–Crippen MR) is 114 cm³/mol. The van der Waals surface area contributed by atoms with Crippen LogP contribution in [-0.4, -0.2) is 64.8 Å². The van der Waals surface area contributed by atoms with Crippen molar-refractivity contribution in [3.8, 4) is 11.4 Å². The molecule has 2 aliphatic rings. The van der Waals surface area contributed by atoms with E-state index < -0.39 is 0 Å². The van der Waals surface area contributed by atoms with E-state index in [-0.39, 0.29) is 5.91 Å². The molecule has 29 heavy (non-hydrogen) atoms. The number of aromatic nitrogens is 2. The number of nitrogens with zero attached hydrogens (tertiary/aromatic N) is 4. The summed E-state index contributed by atoms with van der Waals surface area (Å²) in [5.41, 5.74) is 2.98. The van der Waals surface area contributed by atoms with Gasteiger partial charge in [-0.1, -0.05) is 11.6 Å². The molecule has 1 aromatic carbocycles. The van der Waals surface area contributed by atoms with Crippen LogP contribution in [-0.2, 0) is 0 Å². The van der Waals surface area contributed by atoms with Crippen molar-refractivity contribution in [2.45, 2.75) is 45.6 Å². The van der Waals surface area contributed by atoms with Gasteiger partial charge < -0.3 is 14.5 Å². The van der Waals surface area contributed by atoms with Crippen LogP contribution < -0.4 is 4.74 Å². The number of carbonyl (C=O) groups excluding carboxylic acids is 1. The molecule has 4 rings (SSSR count). The summed E-state index contributed by atoms with van der Waals surface area (Å²) in [5.74, 6) is 0.748. The molecule has 2 saturated heterocycles. The van der Waals surface area contributed by atoms with Gasteiger partial charge in [0.2, 0.25) is 0 Å². The normalized spacial score (nSPS) is 18.4. The first kappa shape index (κ1) is 20.2. The number of benzene rings is 1. The minimum absolute atomic E-state index is 0.0760. The van der Waals surface area contributed by atoms with Crippen molar-refractivity contribution < 1.29 is 9.53 Å². The van der Waals surface area contributed by atoms with Gasteiger partial charge in [-0.3, -0.25) is 4.79 Å². The van der Waals surface area contributed by atoms with Gasteiger partial charge in [0, 0.05) is 24.2 Å². The second-order valence-corrected chi connectivity index (χ2v) is 8.48. The molecule has 7 heteroatoms. The van der Waals surface area contributed by atoms with Crippen LogP contribution >= 0.6 is 11.6 Å². The van der Waals surface area contributed by atoms with Crippen LogP contribution in [0.25, 0.3) is 5.69 Å². The summed E-state index contributed by atoms with van der Waals surface area (Å²) in [6.07, 6.45) is 4.73. The summed E-state index contributed by atoms with van der Waals surface area (Å²) >= 11 is 6.20. The summed E-state index contributed by atoms with van der Waals surface area (Å²) in [7, 11) is 1.62. The van der Waals surface area contributed by atoms with E-state index in [0.717, 1.165) is 43.0 Å². The minimum Gasteiger partial charge on any atom is -0.494 e. The third-order valence-corrected chi connectivity index (χ3v) is 6.52. The molecule has 2 fully saturated rings. The second-order valence-electron chi connectivity index (χ2n) is 8.04. The zero-order valence-electron chi connectivity index (χ0n) is 17.4. The number of piperidine rings is 1. The lowest BCUT2D eigenvalue weighted by molar-refractivity contribution is 0.0643. The first-order chi connectivity index (χ1) is 14.0. The number of methoxy groups -OCH3 is 1. The van der Waals surface area contributed by atoms with Gasteiger partial charge in [0.15, 0.2) is 0 Å². The fraction of sp³-hybridized carbons (Fsp3) is 0.545. The molecule has 156 valence electrons. The van der Waals surface area contributed by atoms with E-state index in [1.807, 2.05) is 30.9 Å². The lowest BCUT2D eigenvalue weighted by Crippen LogP contribution is -2.46. The largest absolute Gasteiger partial charge is 0.494 e. The van der Waals surface area contributed by atoms with E-state index in [0.29, 0.717) is 22.4 Å². The molecule has 0 N–H and O–H groups in total. The Kier molecular flexibility index (Phi) is 5.83. The number of rotatable bonds is 4. The van der Waals surface area contributed by atoms with Crippen molar-refractivity contribution in [1.29, 1.82) is 0 Å². The van der Waals surface area contributed by atoms with Crippen molar-refractivity contribution in [3.63, 3.8) is 0 Å². The number of carbonyl (C=O) groups is 1. The molecule has 0 unspecified atom stereocenters. The average molecular weight is 417 g/mol. The van der Waals surface area contributed by atoms with Crippen molar-refractivity contribution in [1.82, 2.24) is 19.6 Å². The molecule has 0 bridgehead atoms. The van der Waals surface area contributed by atoms with Gasteiger partial charge in [-0.2, -0.15) is 5.10 Å². The van der Waals surface area contributed by atoms with Crippen molar-refractivity contribution >= 4 is 17.5 Å². The van der Waals surface area contributed by atoms with E-state index in [1.165, 1.54) is 25.9 Å². The predicted octanol–water partition coefficient (Wildman–Crippen LogP) is 3.85. The topological polar surface area (TPSA) is 50.6 Å². The van der Waals surface area contributed by atoms with E-state index in [9.17, 15) is 4.79 Å². The molecular weight excluding hydrogens is 388 g/mol. The highest BCUT2D eigenvalue weighted by Gasteiger charge is 2.31. The molecular formula is C22H29ClN4O2. The zero-order chi connectivity index (χ0) is 20.5. The number of amides is 1. The molecule has 1 aromatic heterocycles. The third kappa shape index (κ3) is 3.88. The Morgan fingerprint density at radius 1 is 1.14 bits per heavy atom. The lowest BCUT2D eigenvalue weighted by atomic mass is 10.0. The SMILES string of the molecule is COc1ccc(Cl)cc1-n1nc(C)c(C(=O)N2CCC(N3CCCC3)CC2)c1C. The summed E-state index contributed by atoms with van der Waals surface area (Å²) in [6, 6.07) is 6.04. The lowest BCUT2D eigenvalue weighted by Gasteiger charge is -2.36. The molecule has 3 heterocycles. The molecule has 0 radical (unpaired) electrons. The standard InChI is InChI=1S/C22H29ClN4O2/c1-15-21(16(2)27(24-15)19-14-17(23)6-7-20(19)29-3)22(28)26-12-8-18(9-13-26)25-10-4-5-11-25/h6-7,14,18H,4-5,8-13H2,1-3H3. The molecule has 1 amide bonds. The number of ether oxygens (including phenoxy) is 1. The first-order valence-corrected chi connectivity index (χ1v) is 10.8. The third-order valence-electron chi connectivity index (χ3n) is 6.28. The number of hydrogen-bond donors (Lipinski definition) is 0. The summed E-state index contributed by atoms with van der Waals surface area (Å²) in [6.45, 7) is 7.88. The fourth-order valence-electron chi connectivity index (χ4n) is 4.71. The number of halogens is 1. The highest BCUT2D eigenvalue weighted by atomic mass is 35.5. The van der Waals surface area contributed by atoms with Crippen molar-refractivity contribution in [2.75, 3.05) is 33.3 Å². The van der Waals surface area contributed by atoms with Gasteiger partial charge in [0.05, 0.1) is 24.1 Å². The fourth-order valence-corrected chi connectivity index (χ4v) is 4.88. The number of aryl methyl sites for hydroxylation is 1. The van der Waals surface area contributed by atoms with Gasteiger partial charge in [-0.05, 0) is 70.8 Å². The maximum absolute atomic E-state index is 13.3. The molecule has 0 atom stereocenters. The van der Waals surface area contributed by atoms with Crippen LogP contribution in [0.2, 0.25) is 5.02 Å². The Hall–Kier alpha value is -2.05. The van der Waals surface area contributed by atoms with Crippen LogP contribution in [0.1, 0.15) is 47.4 Å². The van der Waals surface area contributed by atoms with Crippen LogP contribution in [0.5, 0.6) is 5.75 Å². The Balaban J connectivity index is 1.55. The quantitative estimate of drug-likeness (QED) is 0.759. The van der Waals surface area contributed by atoms with Gasteiger partial charge >= 0.3 is 0 Å². The Bertz CT molecular complexity index is 896. The van der Waals surface area contributed by atoms with Crippen LogP contribution in [0, 0.1) is 13.8 Å². The highest BCUT2D eigenvalue weighted by Crippen LogP contribution is 2.30.